The van der Waals surface area contributed by atoms with Crippen LogP contribution in [0, 0.1) is 12.7 Å². The molecule has 0 saturated heterocycles. The number of nitrogens with one attached hydrogen (secondary N) is 1. The van der Waals surface area contributed by atoms with Crippen molar-refractivity contribution in [2.75, 3.05) is 16.8 Å². The molecule has 1 aromatic heterocycles. The fourth-order valence-electron chi connectivity index (χ4n) is 3.28. The van der Waals surface area contributed by atoms with Gasteiger partial charge in [0, 0.05) is 12.2 Å². The van der Waals surface area contributed by atoms with Crippen molar-refractivity contribution in [3.05, 3.63) is 80.9 Å². The second-order valence-corrected chi connectivity index (χ2v) is 8.00. The molecule has 1 aliphatic rings. The number of para-hydroxylation sites is 1. The smallest absolute Gasteiger partial charge is 0.268 e. The standard InChI is InChI=1S/C21H16ClFN2O2S/c1-12-10-18(24-20(26)15-7-6-14(23)11-16(15)22)28-19(12)21(27)25-9-8-13-4-2-3-5-17(13)25/h2-7,10-11H,8-9H2,1H3,(H,24,26). The molecule has 2 amide bonds. The molecule has 7 heteroatoms. The fourth-order valence-corrected chi connectivity index (χ4v) is 4.55. The van der Waals surface area contributed by atoms with Gasteiger partial charge in [0.15, 0.2) is 0 Å². The number of hydrogen-bond donors (Lipinski definition) is 1. The van der Waals surface area contributed by atoms with Gasteiger partial charge in [-0.15, -0.1) is 11.3 Å². The van der Waals surface area contributed by atoms with Gasteiger partial charge < -0.3 is 10.2 Å². The molecule has 0 radical (unpaired) electrons. The van der Waals surface area contributed by atoms with Crippen molar-refractivity contribution >= 4 is 45.4 Å². The number of benzene rings is 2. The van der Waals surface area contributed by atoms with Gasteiger partial charge in [-0.3, -0.25) is 9.59 Å². The third-order valence-electron chi connectivity index (χ3n) is 4.66. The van der Waals surface area contributed by atoms with Crippen molar-refractivity contribution in [3.63, 3.8) is 0 Å². The maximum absolute atomic E-state index is 13.2. The molecule has 0 bridgehead atoms. The van der Waals surface area contributed by atoms with E-state index < -0.39 is 11.7 Å². The third-order valence-corrected chi connectivity index (χ3v) is 6.11. The topological polar surface area (TPSA) is 49.4 Å². The molecule has 0 fully saturated rings. The number of carbonyl (C=O) groups is 2. The van der Waals surface area contributed by atoms with Crippen LogP contribution in [0.2, 0.25) is 5.02 Å². The molecule has 3 aromatic rings. The Kier molecular flexibility index (Phi) is 4.91. The van der Waals surface area contributed by atoms with Crippen LogP contribution in [-0.4, -0.2) is 18.4 Å². The summed E-state index contributed by atoms with van der Waals surface area (Å²) in [6.07, 6.45) is 0.832. The predicted molar refractivity (Wildman–Crippen MR) is 110 cm³/mol. The fraction of sp³-hybridized carbons (Fsp3) is 0.143. The van der Waals surface area contributed by atoms with Crippen molar-refractivity contribution in [2.24, 2.45) is 0 Å². The highest BCUT2D eigenvalue weighted by atomic mass is 35.5. The second kappa shape index (κ2) is 7.37. The number of nitrogens with zero attached hydrogens (tertiary/aromatic N) is 1. The molecule has 4 rings (SSSR count). The van der Waals surface area contributed by atoms with Gasteiger partial charge in [0.1, 0.15) is 5.82 Å². The Hall–Kier alpha value is -2.70. The lowest BCUT2D eigenvalue weighted by molar-refractivity contribution is 0.0990. The maximum atomic E-state index is 13.2. The quantitative estimate of drug-likeness (QED) is 0.631. The van der Waals surface area contributed by atoms with Gasteiger partial charge in [-0.25, -0.2) is 4.39 Å². The lowest BCUT2D eigenvalue weighted by Gasteiger charge is -2.16. The van der Waals surface area contributed by atoms with E-state index in [0.717, 1.165) is 29.3 Å². The number of carbonyl (C=O) groups excluding carboxylic acids is 2. The van der Waals surface area contributed by atoms with Crippen molar-refractivity contribution in [2.45, 2.75) is 13.3 Å². The minimum atomic E-state index is -0.507. The maximum Gasteiger partial charge on any atom is 0.268 e. The van der Waals surface area contributed by atoms with E-state index in [-0.39, 0.29) is 16.5 Å². The monoisotopic (exact) mass is 414 g/mol. The average molecular weight is 415 g/mol. The summed E-state index contributed by atoms with van der Waals surface area (Å²) in [7, 11) is 0. The van der Waals surface area contributed by atoms with E-state index in [2.05, 4.69) is 5.32 Å². The van der Waals surface area contributed by atoms with Crippen LogP contribution in [0.5, 0.6) is 0 Å². The number of hydrogen-bond acceptors (Lipinski definition) is 3. The Morgan fingerprint density at radius 3 is 2.75 bits per heavy atom. The van der Waals surface area contributed by atoms with Gasteiger partial charge in [-0.05, 0) is 54.8 Å². The molecular weight excluding hydrogens is 399 g/mol. The first-order valence-corrected chi connectivity index (χ1v) is 9.90. The van der Waals surface area contributed by atoms with Gasteiger partial charge in [-0.1, -0.05) is 29.8 Å². The highest BCUT2D eigenvalue weighted by molar-refractivity contribution is 7.18. The minimum Gasteiger partial charge on any atom is -0.313 e. The molecule has 0 spiro atoms. The molecule has 142 valence electrons. The van der Waals surface area contributed by atoms with Crippen molar-refractivity contribution in [1.82, 2.24) is 0 Å². The molecule has 2 heterocycles. The molecule has 0 saturated carbocycles. The SMILES string of the molecule is Cc1cc(NC(=O)c2ccc(F)cc2Cl)sc1C(=O)N1CCc2ccccc21. The van der Waals surface area contributed by atoms with Crippen LogP contribution >= 0.6 is 22.9 Å². The van der Waals surface area contributed by atoms with Crippen LogP contribution in [0.3, 0.4) is 0 Å². The number of rotatable bonds is 3. The molecule has 1 N–H and O–H groups in total. The largest absolute Gasteiger partial charge is 0.313 e. The first-order chi connectivity index (χ1) is 13.4. The Labute approximate surface area is 170 Å². The van der Waals surface area contributed by atoms with Crippen LogP contribution in [0.4, 0.5) is 15.1 Å². The predicted octanol–water partition coefficient (Wildman–Crippen LogP) is 5.30. The van der Waals surface area contributed by atoms with Crippen LogP contribution in [0.1, 0.15) is 31.2 Å². The van der Waals surface area contributed by atoms with Gasteiger partial charge in [0.2, 0.25) is 0 Å². The Morgan fingerprint density at radius 1 is 1.18 bits per heavy atom. The summed E-state index contributed by atoms with van der Waals surface area (Å²) in [5.74, 6) is -1.03. The van der Waals surface area contributed by atoms with E-state index in [1.165, 1.54) is 23.5 Å². The molecule has 0 unspecified atom stereocenters. The molecule has 1 aliphatic heterocycles. The van der Waals surface area contributed by atoms with E-state index >= 15 is 0 Å². The summed E-state index contributed by atoms with van der Waals surface area (Å²) in [6.45, 7) is 2.48. The molecular formula is C21H16ClFN2O2S. The minimum absolute atomic E-state index is 0.0377. The summed E-state index contributed by atoms with van der Waals surface area (Å²) in [6, 6.07) is 13.2. The van der Waals surface area contributed by atoms with Gasteiger partial charge in [0.05, 0.1) is 20.5 Å². The zero-order valence-corrected chi connectivity index (χ0v) is 16.5. The molecule has 4 nitrogen and oxygen atoms in total. The lowest BCUT2D eigenvalue weighted by Crippen LogP contribution is -2.28. The zero-order chi connectivity index (χ0) is 19.8. The third kappa shape index (κ3) is 3.41. The highest BCUT2D eigenvalue weighted by Gasteiger charge is 2.27. The zero-order valence-electron chi connectivity index (χ0n) is 15.0. The summed E-state index contributed by atoms with van der Waals surface area (Å²) in [5.41, 5.74) is 3.06. The van der Waals surface area contributed by atoms with Crippen molar-refractivity contribution < 1.29 is 14.0 Å². The lowest BCUT2D eigenvalue weighted by atomic mass is 10.2. The summed E-state index contributed by atoms with van der Waals surface area (Å²) in [4.78, 5) is 27.9. The Bertz CT molecular complexity index is 1100. The summed E-state index contributed by atoms with van der Waals surface area (Å²) in [5, 5.41) is 3.32. The highest BCUT2D eigenvalue weighted by Crippen LogP contribution is 2.33. The number of thiophene rings is 1. The first kappa shape index (κ1) is 18.7. The van der Waals surface area contributed by atoms with Crippen LogP contribution < -0.4 is 10.2 Å². The van der Waals surface area contributed by atoms with Crippen LogP contribution in [-0.2, 0) is 6.42 Å². The second-order valence-electron chi connectivity index (χ2n) is 6.54. The van der Waals surface area contributed by atoms with Gasteiger partial charge in [-0.2, -0.15) is 0 Å². The Morgan fingerprint density at radius 2 is 1.96 bits per heavy atom. The van der Waals surface area contributed by atoms with Crippen LogP contribution in [0.15, 0.2) is 48.5 Å². The van der Waals surface area contributed by atoms with E-state index in [9.17, 15) is 14.0 Å². The van der Waals surface area contributed by atoms with E-state index in [1.54, 1.807) is 11.0 Å². The number of aryl methyl sites for hydroxylation is 1. The van der Waals surface area contributed by atoms with E-state index in [1.807, 2.05) is 31.2 Å². The average Bonchev–Trinajstić information content (AvgIpc) is 3.24. The van der Waals surface area contributed by atoms with Crippen molar-refractivity contribution in [3.8, 4) is 0 Å². The number of anilines is 2. The normalized spacial score (nSPS) is 12.8. The van der Waals surface area contributed by atoms with Gasteiger partial charge in [0.25, 0.3) is 11.8 Å². The summed E-state index contributed by atoms with van der Waals surface area (Å²) >= 11 is 7.17. The van der Waals surface area contributed by atoms with E-state index in [4.69, 9.17) is 11.6 Å². The van der Waals surface area contributed by atoms with E-state index in [0.29, 0.717) is 16.4 Å². The summed E-state index contributed by atoms with van der Waals surface area (Å²) < 4.78 is 13.2. The first-order valence-electron chi connectivity index (χ1n) is 8.70. The molecule has 28 heavy (non-hydrogen) atoms. The van der Waals surface area contributed by atoms with Crippen LogP contribution in [0.25, 0.3) is 0 Å². The van der Waals surface area contributed by atoms with Crippen molar-refractivity contribution in [1.29, 1.82) is 0 Å². The number of halogens is 2. The number of fused-ring (bicyclic) bond motifs is 1. The van der Waals surface area contributed by atoms with Gasteiger partial charge >= 0.3 is 0 Å². The molecule has 2 aromatic carbocycles. The molecule has 0 aliphatic carbocycles. The number of amides is 2. The Balaban J connectivity index is 1.56. The molecule has 0 atom stereocenters.